The summed E-state index contributed by atoms with van der Waals surface area (Å²) >= 11 is 0. The predicted octanol–water partition coefficient (Wildman–Crippen LogP) is 2.22. The lowest BCUT2D eigenvalue weighted by atomic mass is 10.1. The molecule has 3 nitrogen and oxygen atoms in total. The van der Waals surface area contributed by atoms with Crippen molar-refractivity contribution in [2.75, 3.05) is 32.7 Å². The molecule has 0 aromatic carbocycles. The predicted molar refractivity (Wildman–Crippen MR) is 77.4 cm³/mol. The Kier molecular flexibility index (Phi) is 12.3. The Morgan fingerprint density at radius 2 is 1.53 bits per heavy atom. The number of nitrogens with zero attached hydrogens (tertiary/aromatic N) is 1. The number of nitrogens with one attached hydrogen (secondary N) is 1. The molecule has 0 aliphatic carbocycles. The molecule has 0 unspecified atom stereocenters. The molecular formula is C14H33N3. The van der Waals surface area contributed by atoms with Crippen LogP contribution >= 0.6 is 0 Å². The van der Waals surface area contributed by atoms with E-state index in [-0.39, 0.29) is 0 Å². The first-order valence-electron chi connectivity index (χ1n) is 7.43. The minimum absolute atomic E-state index is 0.480. The van der Waals surface area contributed by atoms with Crippen LogP contribution < -0.4 is 11.1 Å². The van der Waals surface area contributed by atoms with Crippen LogP contribution in [-0.2, 0) is 0 Å². The summed E-state index contributed by atoms with van der Waals surface area (Å²) in [6, 6.07) is 0.480. The van der Waals surface area contributed by atoms with Gasteiger partial charge in [0, 0.05) is 6.04 Å². The molecule has 1 aliphatic rings. The van der Waals surface area contributed by atoms with Crippen molar-refractivity contribution in [2.24, 2.45) is 5.73 Å². The van der Waals surface area contributed by atoms with Gasteiger partial charge in [0.05, 0.1) is 0 Å². The van der Waals surface area contributed by atoms with Crippen molar-refractivity contribution in [1.82, 2.24) is 10.2 Å². The molecule has 0 atom stereocenters. The van der Waals surface area contributed by atoms with Crippen molar-refractivity contribution in [3.63, 3.8) is 0 Å². The summed E-state index contributed by atoms with van der Waals surface area (Å²) < 4.78 is 0. The van der Waals surface area contributed by atoms with Crippen molar-refractivity contribution in [3.8, 4) is 0 Å². The third kappa shape index (κ3) is 10.7. The second kappa shape index (κ2) is 12.3. The van der Waals surface area contributed by atoms with Crippen LogP contribution in [0.2, 0.25) is 0 Å². The molecule has 1 saturated heterocycles. The zero-order valence-corrected chi connectivity index (χ0v) is 12.2. The van der Waals surface area contributed by atoms with Crippen LogP contribution in [0, 0.1) is 0 Å². The van der Waals surface area contributed by atoms with Crippen molar-refractivity contribution in [1.29, 1.82) is 0 Å². The smallest absolute Gasteiger partial charge is 0.00631 e. The third-order valence-electron chi connectivity index (χ3n) is 3.03. The van der Waals surface area contributed by atoms with Gasteiger partial charge in [-0.25, -0.2) is 0 Å². The van der Waals surface area contributed by atoms with Gasteiger partial charge in [-0.3, -0.25) is 0 Å². The molecule has 3 N–H and O–H groups in total. The van der Waals surface area contributed by atoms with Gasteiger partial charge < -0.3 is 16.0 Å². The van der Waals surface area contributed by atoms with Gasteiger partial charge in [-0.15, -0.1) is 0 Å². The summed E-state index contributed by atoms with van der Waals surface area (Å²) in [7, 11) is 0. The second-order valence-corrected chi connectivity index (χ2v) is 4.93. The summed E-state index contributed by atoms with van der Waals surface area (Å²) in [5, 5.41) is 3.28. The minimum Gasteiger partial charge on any atom is -0.328 e. The molecule has 1 heterocycles. The van der Waals surface area contributed by atoms with Crippen molar-refractivity contribution >= 4 is 0 Å². The maximum atomic E-state index is 5.77. The molecule has 0 aromatic rings. The molecule has 1 rings (SSSR count). The van der Waals surface area contributed by atoms with Crippen LogP contribution in [0.1, 0.15) is 52.9 Å². The molecular weight excluding hydrogens is 210 g/mol. The average molecular weight is 243 g/mol. The van der Waals surface area contributed by atoms with E-state index in [4.69, 9.17) is 5.73 Å². The Bertz CT molecular complexity index is 138. The standard InChI is InChI=1S/C8H18N2.C6H15N/c1-2-5-10-6-3-8(9)4-7-10;1-3-5-7-6-4-2/h8H,2-7,9H2,1H3;7H,3-6H2,1-2H3. The minimum atomic E-state index is 0.480. The third-order valence-corrected chi connectivity index (χ3v) is 3.03. The molecule has 0 bridgehead atoms. The summed E-state index contributed by atoms with van der Waals surface area (Å²) in [6.07, 6.45) is 6.16. The van der Waals surface area contributed by atoms with Gasteiger partial charge >= 0.3 is 0 Å². The topological polar surface area (TPSA) is 41.3 Å². The molecule has 0 radical (unpaired) electrons. The van der Waals surface area contributed by atoms with E-state index in [1.807, 2.05) is 0 Å². The first-order valence-corrected chi connectivity index (χ1v) is 7.43. The lowest BCUT2D eigenvalue weighted by Crippen LogP contribution is -2.39. The van der Waals surface area contributed by atoms with E-state index >= 15 is 0 Å². The Morgan fingerprint density at radius 1 is 1.00 bits per heavy atom. The first kappa shape index (κ1) is 16.9. The van der Waals surface area contributed by atoms with Crippen LogP contribution in [0.4, 0.5) is 0 Å². The summed E-state index contributed by atoms with van der Waals surface area (Å²) in [5.74, 6) is 0. The maximum Gasteiger partial charge on any atom is 0.00631 e. The lowest BCUT2D eigenvalue weighted by Gasteiger charge is -2.29. The van der Waals surface area contributed by atoms with Gasteiger partial charge in [0.2, 0.25) is 0 Å². The summed E-state index contributed by atoms with van der Waals surface area (Å²) in [6.45, 7) is 12.6. The number of hydrogen-bond donors (Lipinski definition) is 2. The SMILES string of the molecule is CCCN1CCC(N)CC1.CCCNCCC. The fraction of sp³-hybridized carbons (Fsp3) is 1.00. The highest BCUT2D eigenvalue weighted by Crippen LogP contribution is 2.07. The first-order chi connectivity index (χ1) is 8.24. The highest BCUT2D eigenvalue weighted by atomic mass is 15.1. The molecule has 104 valence electrons. The van der Waals surface area contributed by atoms with E-state index in [9.17, 15) is 0 Å². The number of rotatable bonds is 6. The monoisotopic (exact) mass is 243 g/mol. The fourth-order valence-corrected chi connectivity index (χ4v) is 1.97. The Labute approximate surface area is 108 Å². The molecule has 17 heavy (non-hydrogen) atoms. The van der Waals surface area contributed by atoms with E-state index < -0.39 is 0 Å². The van der Waals surface area contributed by atoms with Crippen LogP contribution in [0.25, 0.3) is 0 Å². The van der Waals surface area contributed by atoms with Gasteiger partial charge in [-0.1, -0.05) is 20.8 Å². The van der Waals surface area contributed by atoms with Crippen molar-refractivity contribution in [3.05, 3.63) is 0 Å². The summed E-state index contributed by atoms with van der Waals surface area (Å²) in [4.78, 5) is 2.50. The highest BCUT2D eigenvalue weighted by Gasteiger charge is 2.14. The van der Waals surface area contributed by atoms with E-state index in [2.05, 4.69) is 31.0 Å². The van der Waals surface area contributed by atoms with Gasteiger partial charge in [0.25, 0.3) is 0 Å². The number of piperidine rings is 1. The lowest BCUT2D eigenvalue weighted by molar-refractivity contribution is 0.214. The average Bonchev–Trinajstić information content (AvgIpc) is 2.34. The maximum absolute atomic E-state index is 5.77. The molecule has 0 aromatic heterocycles. The van der Waals surface area contributed by atoms with Gasteiger partial charge in [0.15, 0.2) is 0 Å². The van der Waals surface area contributed by atoms with Crippen LogP contribution in [0.5, 0.6) is 0 Å². The van der Waals surface area contributed by atoms with Crippen molar-refractivity contribution in [2.45, 2.75) is 58.9 Å². The number of likely N-dealkylation sites (tertiary alicyclic amines) is 1. The highest BCUT2D eigenvalue weighted by molar-refractivity contribution is 4.73. The Balaban J connectivity index is 0.000000325. The van der Waals surface area contributed by atoms with Gasteiger partial charge in [0.1, 0.15) is 0 Å². The Hall–Kier alpha value is -0.120. The fourth-order valence-electron chi connectivity index (χ4n) is 1.97. The number of hydrogen-bond acceptors (Lipinski definition) is 3. The van der Waals surface area contributed by atoms with Crippen LogP contribution in [0.15, 0.2) is 0 Å². The molecule has 1 aliphatic heterocycles. The number of nitrogens with two attached hydrogens (primary N) is 1. The molecule has 0 spiro atoms. The van der Waals surface area contributed by atoms with Crippen molar-refractivity contribution < 1.29 is 0 Å². The normalized spacial score (nSPS) is 17.6. The Morgan fingerprint density at radius 3 is 1.94 bits per heavy atom. The molecule has 1 fully saturated rings. The zero-order chi connectivity index (χ0) is 12.9. The van der Waals surface area contributed by atoms with Crippen LogP contribution in [0.3, 0.4) is 0 Å². The largest absolute Gasteiger partial charge is 0.328 e. The molecule has 0 amide bonds. The zero-order valence-electron chi connectivity index (χ0n) is 12.2. The summed E-state index contributed by atoms with van der Waals surface area (Å²) in [5.41, 5.74) is 5.77. The van der Waals surface area contributed by atoms with E-state index in [1.165, 1.54) is 64.8 Å². The second-order valence-electron chi connectivity index (χ2n) is 4.93. The quantitative estimate of drug-likeness (QED) is 0.703. The molecule has 3 heteroatoms. The van der Waals surface area contributed by atoms with E-state index in [0.717, 1.165) is 0 Å². The van der Waals surface area contributed by atoms with E-state index in [1.54, 1.807) is 0 Å². The van der Waals surface area contributed by atoms with Gasteiger partial charge in [-0.2, -0.15) is 0 Å². The molecule has 0 saturated carbocycles. The van der Waals surface area contributed by atoms with Crippen LogP contribution in [-0.4, -0.2) is 43.7 Å². The van der Waals surface area contributed by atoms with E-state index in [0.29, 0.717) is 6.04 Å². The van der Waals surface area contributed by atoms with Gasteiger partial charge in [-0.05, 0) is 64.8 Å².